The fourth-order valence-electron chi connectivity index (χ4n) is 5.47. The number of benzene rings is 3. The Balaban J connectivity index is 2.18. The van der Waals surface area contributed by atoms with Crippen molar-refractivity contribution in [2.24, 2.45) is 0 Å². The molecule has 206 valence electrons. The Hall–Kier alpha value is -2.74. The van der Waals surface area contributed by atoms with E-state index in [2.05, 4.69) is 132 Å². The van der Waals surface area contributed by atoms with E-state index >= 15 is 0 Å². The van der Waals surface area contributed by atoms with Crippen LogP contribution < -0.4 is 0 Å². The molecule has 3 rings (SSSR count). The second-order valence-corrected chi connectivity index (χ2v) is 13.5. The summed E-state index contributed by atoms with van der Waals surface area (Å²) >= 11 is 0. The highest BCUT2D eigenvalue weighted by molar-refractivity contribution is 5.54. The lowest BCUT2D eigenvalue weighted by molar-refractivity contribution is 0.452. The minimum Gasteiger partial charge on any atom is -0.507 e. The molecule has 0 heterocycles. The molecule has 0 radical (unpaired) electrons. The molecule has 0 spiro atoms. The van der Waals surface area contributed by atoms with Crippen LogP contribution >= 0.6 is 0 Å². The summed E-state index contributed by atoms with van der Waals surface area (Å²) in [7, 11) is 0. The van der Waals surface area contributed by atoms with Gasteiger partial charge in [0.05, 0.1) is 0 Å². The predicted molar refractivity (Wildman–Crippen MR) is 163 cm³/mol. The van der Waals surface area contributed by atoms with E-state index < -0.39 is 0 Å². The second kappa shape index (κ2) is 10.8. The molecule has 0 amide bonds. The van der Waals surface area contributed by atoms with Crippen molar-refractivity contribution in [1.29, 1.82) is 0 Å². The Morgan fingerprint density at radius 1 is 0.447 bits per heavy atom. The molecule has 0 aliphatic carbocycles. The summed E-state index contributed by atoms with van der Waals surface area (Å²) in [5.41, 5.74) is 8.55. The maximum atomic E-state index is 11.0. The molecule has 38 heavy (non-hydrogen) atoms. The lowest BCUT2D eigenvalue weighted by Crippen LogP contribution is -2.24. The molecule has 3 aromatic carbocycles. The molecular weight excluding hydrogens is 464 g/mol. The zero-order chi connectivity index (χ0) is 28.7. The molecule has 0 aliphatic heterocycles. The topological polar surface area (TPSA) is 40.5 Å². The van der Waals surface area contributed by atoms with E-state index in [1.54, 1.807) is 0 Å². The van der Waals surface area contributed by atoms with Gasteiger partial charge in [-0.15, -0.1) is 0 Å². The quantitative estimate of drug-likeness (QED) is 0.314. The number of rotatable bonds is 8. The Kier molecular flexibility index (Phi) is 8.47. The van der Waals surface area contributed by atoms with Crippen molar-refractivity contribution in [3.05, 3.63) is 93.0 Å². The maximum absolute atomic E-state index is 11.0. The Bertz CT molecular complexity index is 1130. The van der Waals surface area contributed by atoms with Gasteiger partial charge in [-0.2, -0.15) is 0 Å². The molecule has 3 aromatic rings. The van der Waals surface area contributed by atoms with E-state index in [1.807, 2.05) is 0 Å². The summed E-state index contributed by atoms with van der Waals surface area (Å²) in [6.45, 7) is 26.3. The molecule has 0 bridgehead atoms. The molecule has 0 saturated carbocycles. The van der Waals surface area contributed by atoms with Crippen LogP contribution in [0.4, 0.5) is 0 Å². The van der Waals surface area contributed by atoms with Crippen LogP contribution in [0.2, 0.25) is 0 Å². The number of hydrogen-bond donors (Lipinski definition) is 2. The van der Waals surface area contributed by atoms with Gasteiger partial charge < -0.3 is 10.2 Å². The van der Waals surface area contributed by atoms with Gasteiger partial charge in [-0.25, -0.2) is 0 Å². The van der Waals surface area contributed by atoms with Crippen molar-refractivity contribution in [3.63, 3.8) is 0 Å². The fraction of sp³-hybridized carbons (Fsp3) is 0.500. The van der Waals surface area contributed by atoms with Crippen molar-refractivity contribution in [2.45, 2.75) is 118 Å². The van der Waals surface area contributed by atoms with Crippen LogP contribution in [0.3, 0.4) is 0 Å². The molecule has 0 saturated heterocycles. The van der Waals surface area contributed by atoms with Gasteiger partial charge in [-0.3, -0.25) is 0 Å². The number of aromatic hydroxyl groups is 2. The first-order chi connectivity index (χ1) is 17.5. The van der Waals surface area contributed by atoms with Gasteiger partial charge in [0.15, 0.2) is 0 Å². The first-order valence-corrected chi connectivity index (χ1v) is 14.4. The molecular formula is C36H50O2. The molecule has 0 aromatic heterocycles. The average Bonchev–Trinajstić information content (AvgIpc) is 2.83. The van der Waals surface area contributed by atoms with Gasteiger partial charge in [0.2, 0.25) is 0 Å². The highest BCUT2D eigenvalue weighted by atomic mass is 16.3. The van der Waals surface area contributed by atoms with Crippen molar-refractivity contribution in [2.75, 3.05) is 0 Å². The highest BCUT2D eigenvalue weighted by Crippen LogP contribution is 2.43. The van der Waals surface area contributed by atoms with E-state index in [0.717, 1.165) is 22.3 Å². The zero-order valence-electron chi connectivity index (χ0n) is 25.8. The average molecular weight is 515 g/mol. The van der Waals surface area contributed by atoms with Crippen LogP contribution in [-0.2, 0) is 10.8 Å². The number of phenols is 2. The van der Waals surface area contributed by atoms with Crippen LogP contribution in [0.25, 0.3) is 0 Å². The van der Waals surface area contributed by atoms with Crippen molar-refractivity contribution >= 4 is 0 Å². The van der Waals surface area contributed by atoms with Crippen molar-refractivity contribution in [1.82, 2.24) is 0 Å². The summed E-state index contributed by atoms with van der Waals surface area (Å²) in [6, 6.07) is 17.8. The highest BCUT2D eigenvalue weighted by Gasteiger charge is 2.31. The number of hydrogen-bond acceptors (Lipinski definition) is 2. The Morgan fingerprint density at radius 2 is 0.711 bits per heavy atom. The molecule has 0 atom stereocenters. The van der Waals surface area contributed by atoms with Crippen LogP contribution in [0, 0.1) is 0 Å². The van der Waals surface area contributed by atoms with Crippen molar-refractivity contribution < 1.29 is 10.2 Å². The van der Waals surface area contributed by atoms with Gasteiger partial charge in [0.1, 0.15) is 11.5 Å². The smallest absolute Gasteiger partial charge is 0.122 e. The van der Waals surface area contributed by atoms with E-state index in [4.69, 9.17) is 0 Å². The summed E-state index contributed by atoms with van der Waals surface area (Å²) < 4.78 is 0. The van der Waals surface area contributed by atoms with Crippen LogP contribution in [0.1, 0.15) is 151 Å². The maximum Gasteiger partial charge on any atom is 0.122 e. The van der Waals surface area contributed by atoms with Gasteiger partial charge >= 0.3 is 0 Å². The Morgan fingerprint density at radius 3 is 0.947 bits per heavy atom. The molecule has 0 fully saturated rings. The van der Waals surface area contributed by atoms with Crippen molar-refractivity contribution in [3.8, 4) is 11.5 Å². The largest absolute Gasteiger partial charge is 0.507 e. The second-order valence-electron chi connectivity index (χ2n) is 13.5. The Labute approximate surface area is 232 Å². The summed E-state index contributed by atoms with van der Waals surface area (Å²) in [6.07, 6.45) is 0. The molecule has 2 N–H and O–H groups in total. The van der Waals surface area contributed by atoms with E-state index in [0.29, 0.717) is 11.5 Å². The zero-order valence-corrected chi connectivity index (χ0v) is 25.8. The summed E-state index contributed by atoms with van der Waals surface area (Å²) in [5, 5.41) is 22.0. The third kappa shape index (κ3) is 5.51. The number of phenolic OH excluding ortho intramolecular Hbond substituents is 2. The van der Waals surface area contributed by atoms with E-state index in [9.17, 15) is 10.2 Å². The molecule has 2 nitrogen and oxygen atoms in total. The van der Waals surface area contributed by atoms with Gasteiger partial charge in [-0.1, -0.05) is 132 Å². The van der Waals surface area contributed by atoms with E-state index in [-0.39, 0.29) is 34.5 Å². The minimum atomic E-state index is -0.242. The third-order valence-corrected chi connectivity index (χ3v) is 8.58. The molecule has 0 unspecified atom stereocenters. The van der Waals surface area contributed by atoms with Gasteiger partial charge in [-0.05, 0) is 68.2 Å². The van der Waals surface area contributed by atoms with Crippen LogP contribution in [0.5, 0.6) is 11.5 Å². The lowest BCUT2D eigenvalue weighted by atomic mass is 9.71. The monoisotopic (exact) mass is 514 g/mol. The summed E-state index contributed by atoms with van der Waals surface area (Å²) in [5.74, 6) is 1.86. The first kappa shape index (κ1) is 29.8. The molecule has 0 aliphatic rings. The standard InChI is InChI=1S/C36H50O2/c1-21(2)29-17-27(18-30(22(3)4)33(29)37)35(9,10)25-14-13-15-26(16-25)36(11,12)28-19-31(23(5)6)34(38)32(20-28)24(7)8/h13-24,37-38H,1-12H3. The molecule has 2 heteroatoms. The lowest BCUT2D eigenvalue weighted by Gasteiger charge is -2.33. The SMILES string of the molecule is CC(C)c1cc(C(C)(C)c2cccc(C(C)(C)c3cc(C(C)C)c(O)c(C(C)C)c3)c2)cc(C(C)C)c1O. The minimum absolute atomic E-state index is 0.242. The normalized spacial score (nSPS) is 12.8. The summed E-state index contributed by atoms with van der Waals surface area (Å²) in [4.78, 5) is 0. The predicted octanol–water partition coefficient (Wildman–Crippen LogP) is 10.2. The van der Waals surface area contributed by atoms with Gasteiger partial charge in [0, 0.05) is 10.8 Å². The van der Waals surface area contributed by atoms with Gasteiger partial charge in [0.25, 0.3) is 0 Å². The van der Waals surface area contributed by atoms with Crippen LogP contribution in [-0.4, -0.2) is 10.2 Å². The fourth-order valence-corrected chi connectivity index (χ4v) is 5.47. The third-order valence-electron chi connectivity index (χ3n) is 8.58. The van der Waals surface area contributed by atoms with E-state index in [1.165, 1.54) is 22.3 Å². The first-order valence-electron chi connectivity index (χ1n) is 14.4. The van der Waals surface area contributed by atoms with Crippen LogP contribution in [0.15, 0.2) is 48.5 Å².